The minimum atomic E-state index is -0.632. The number of nitrogens with one attached hydrogen (secondary N) is 1. The van der Waals surface area contributed by atoms with E-state index >= 15 is 0 Å². The molecule has 4 N–H and O–H groups in total. The van der Waals surface area contributed by atoms with Crippen molar-refractivity contribution in [3.05, 3.63) is 11.6 Å². The molecule has 2 bridgehead atoms. The molecule has 1 aromatic rings. The summed E-state index contributed by atoms with van der Waals surface area (Å²) in [4.78, 5) is 15.2. The van der Waals surface area contributed by atoms with Crippen LogP contribution in [0.1, 0.15) is 113 Å². The number of hydrogen-bond donors (Lipinski definition) is 3. The summed E-state index contributed by atoms with van der Waals surface area (Å²) in [5, 5.41) is 27.8. The molecule has 0 aromatic carbocycles. The Hall–Kier alpha value is -2.04. The minimum Gasteiger partial charge on any atom is -0.481 e. The number of nitrogens with two attached hydrogens (primary N) is 1. The number of carboxylic acids is 1. The average molecular weight is 669 g/mol. The SMILES string of the molecule is CC[C@H](C)[C@@H](CO[C@H]1[C@H](n2nnc(N)n2)C[C@]2(C)COC[C@@]13C1=CC[C@@]4(C)[C@H](C(=O)O)[C@@](C)([C@H](C)C(C)C)CC[C@]4(C)[C@H]1CC[C@H]23)NC. The van der Waals surface area contributed by atoms with Crippen molar-refractivity contribution >= 4 is 11.9 Å². The largest absolute Gasteiger partial charge is 0.481 e. The molecule has 6 rings (SSSR count). The van der Waals surface area contributed by atoms with Gasteiger partial charge in [-0.2, -0.15) is 4.80 Å². The van der Waals surface area contributed by atoms with E-state index in [2.05, 4.69) is 89.1 Å². The van der Waals surface area contributed by atoms with Crippen LogP contribution in [0.5, 0.6) is 0 Å². The third kappa shape index (κ3) is 4.95. The highest BCUT2D eigenvalue weighted by Crippen LogP contribution is 2.75. The number of anilines is 1. The molecule has 1 saturated heterocycles. The molecular formula is C38H64N6O4. The maximum atomic E-state index is 13.5. The fourth-order valence-electron chi connectivity index (χ4n) is 12.5. The first-order valence-electron chi connectivity index (χ1n) is 18.9. The summed E-state index contributed by atoms with van der Waals surface area (Å²) < 4.78 is 14.0. The summed E-state index contributed by atoms with van der Waals surface area (Å²) in [6, 6.07) is 0.0522. The number of ether oxygens (including phenoxy) is 2. The molecule has 2 heterocycles. The van der Waals surface area contributed by atoms with Crippen LogP contribution in [0.2, 0.25) is 0 Å². The highest BCUT2D eigenvalue weighted by molar-refractivity contribution is 5.73. The minimum absolute atomic E-state index is 0.0980. The number of carbonyl (C=O) groups is 1. The van der Waals surface area contributed by atoms with Gasteiger partial charge in [0.05, 0.1) is 31.8 Å². The summed E-state index contributed by atoms with van der Waals surface area (Å²) in [6.07, 6.45) is 8.97. The van der Waals surface area contributed by atoms with E-state index in [1.807, 2.05) is 7.05 Å². The van der Waals surface area contributed by atoms with E-state index < -0.39 is 11.9 Å². The van der Waals surface area contributed by atoms with Crippen molar-refractivity contribution in [1.82, 2.24) is 25.5 Å². The first kappa shape index (κ1) is 35.8. The van der Waals surface area contributed by atoms with Crippen LogP contribution in [-0.2, 0) is 14.3 Å². The van der Waals surface area contributed by atoms with E-state index in [4.69, 9.17) is 15.2 Å². The molecule has 4 aliphatic carbocycles. The Bertz CT molecular complexity index is 1400. The molecule has 13 atom stereocenters. The Kier molecular flexibility index (Phi) is 9.19. The third-order valence-electron chi connectivity index (χ3n) is 15.9. The summed E-state index contributed by atoms with van der Waals surface area (Å²) in [5.74, 6) is 0.899. The maximum Gasteiger partial charge on any atom is 0.307 e. The van der Waals surface area contributed by atoms with Crippen molar-refractivity contribution in [3.8, 4) is 0 Å². The van der Waals surface area contributed by atoms with Crippen LogP contribution >= 0.6 is 0 Å². The quantitative estimate of drug-likeness (QED) is 0.242. The topological polar surface area (TPSA) is 137 Å². The molecule has 0 unspecified atom stereocenters. The monoisotopic (exact) mass is 668 g/mol. The highest BCUT2D eigenvalue weighted by Gasteiger charge is 2.72. The number of hydrogen-bond acceptors (Lipinski definition) is 8. The number of nitrogens with zero attached hydrogens (tertiary/aromatic N) is 4. The number of aromatic nitrogens is 4. The second kappa shape index (κ2) is 12.3. The molecule has 0 spiro atoms. The van der Waals surface area contributed by atoms with Gasteiger partial charge >= 0.3 is 5.97 Å². The lowest BCUT2D eigenvalue weighted by molar-refractivity contribution is -0.254. The lowest BCUT2D eigenvalue weighted by atomic mass is 9.34. The lowest BCUT2D eigenvalue weighted by Gasteiger charge is -2.71. The Labute approximate surface area is 288 Å². The van der Waals surface area contributed by atoms with Gasteiger partial charge in [0, 0.05) is 11.5 Å². The fraction of sp³-hybridized carbons (Fsp3) is 0.895. The van der Waals surface area contributed by atoms with Gasteiger partial charge in [-0.25, -0.2) is 0 Å². The van der Waals surface area contributed by atoms with Crippen LogP contribution in [0.15, 0.2) is 11.6 Å². The van der Waals surface area contributed by atoms with Crippen molar-refractivity contribution in [2.45, 2.75) is 125 Å². The molecule has 10 heteroatoms. The third-order valence-corrected chi connectivity index (χ3v) is 15.9. The number of tetrazole rings is 1. The number of carboxylic acid groups (broad SMARTS) is 1. The number of fused-ring (bicyclic) bond motifs is 3. The van der Waals surface area contributed by atoms with Crippen LogP contribution in [0.4, 0.5) is 5.95 Å². The first-order valence-corrected chi connectivity index (χ1v) is 18.9. The molecule has 10 nitrogen and oxygen atoms in total. The van der Waals surface area contributed by atoms with Gasteiger partial charge in [0.15, 0.2) is 0 Å². The second-order valence-corrected chi connectivity index (χ2v) is 18.2. The molecule has 0 amide bonds. The zero-order valence-corrected chi connectivity index (χ0v) is 31.4. The Balaban J connectivity index is 1.50. The second-order valence-electron chi connectivity index (χ2n) is 18.2. The van der Waals surface area contributed by atoms with Crippen LogP contribution in [0, 0.1) is 62.6 Å². The lowest BCUT2D eigenvalue weighted by Crippen LogP contribution is -2.70. The van der Waals surface area contributed by atoms with E-state index in [-0.39, 0.29) is 57.1 Å². The number of likely N-dealkylation sites (N-methyl/N-ethyl adjacent to an activating group) is 1. The Morgan fingerprint density at radius 3 is 2.48 bits per heavy atom. The molecular weight excluding hydrogens is 604 g/mol. The molecule has 4 fully saturated rings. The number of rotatable bonds is 10. The molecule has 0 radical (unpaired) electrons. The van der Waals surface area contributed by atoms with Gasteiger partial charge in [0.2, 0.25) is 0 Å². The zero-order valence-electron chi connectivity index (χ0n) is 31.4. The molecule has 48 heavy (non-hydrogen) atoms. The fourth-order valence-corrected chi connectivity index (χ4v) is 12.5. The smallest absolute Gasteiger partial charge is 0.307 e. The van der Waals surface area contributed by atoms with E-state index in [1.54, 1.807) is 4.80 Å². The molecule has 5 aliphatic rings. The molecule has 3 saturated carbocycles. The summed E-state index contributed by atoms with van der Waals surface area (Å²) in [5.41, 5.74) is 6.20. The highest BCUT2D eigenvalue weighted by atomic mass is 16.5. The average Bonchev–Trinajstić information content (AvgIpc) is 3.47. The van der Waals surface area contributed by atoms with E-state index in [1.165, 1.54) is 5.57 Å². The molecule has 1 aliphatic heterocycles. The maximum absolute atomic E-state index is 13.5. The van der Waals surface area contributed by atoms with Crippen molar-refractivity contribution < 1.29 is 19.4 Å². The van der Waals surface area contributed by atoms with Crippen LogP contribution in [0.25, 0.3) is 0 Å². The van der Waals surface area contributed by atoms with Crippen molar-refractivity contribution in [2.24, 2.45) is 62.6 Å². The molecule has 1 aromatic heterocycles. The summed E-state index contributed by atoms with van der Waals surface area (Å²) in [7, 11) is 2.03. The predicted molar refractivity (Wildman–Crippen MR) is 187 cm³/mol. The predicted octanol–water partition coefficient (Wildman–Crippen LogP) is 6.40. The van der Waals surface area contributed by atoms with Crippen molar-refractivity contribution in [3.63, 3.8) is 0 Å². The van der Waals surface area contributed by atoms with Crippen LogP contribution in [0.3, 0.4) is 0 Å². The van der Waals surface area contributed by atoms with Gasteiger partial charge in [-0.15, -0.1) is 5.10 Å². The van der Waals surface area contributed by atoms with Crippen molar-refractivity contribution in [1.29, 1.82) is 0 Å². The number of aliphatic carboxylic acids is 1. The Morgan fingerprint density at radius 2 is 1.88 bits per heavy atom. The standard InChI is InChI=1S/C38H64N6O4/c1-11-23(4)27(40-10)19-48-31-28(44-42-33(39)41-43-44)18-34(6)20-47-21-38(31)26-14-15-37(9)30(32(45)46)35(7,24(5)22(2)3)16-17-36(37,8)25(26)12-13-29(34)38/h14,22-25,27-31,40H,11-13,15-21H2,1-10H3,(H2,39,42)(H,45,46)/t23-,24+,25-,27+,28+,29+,30+,31-,34+,35+,36+,37-,38-/m0/s1. The zero-order chi connectivity index (χ0) is 35.0. The van der Waals surface area contributed by atoms with Crippen LogP contribution in [-0.4, -0.2) is 70.3 Å². The van der Waals surface area contributed by atoms with Crippen LogP contribution < -0.4 is 11.1 Å². The summed E-state index contributed by atoms with van der Waals surface area (Å²) >= 11 is 0. The molecule has 270 valence electrons. The van der Waals surface area contributed by atoms with Gasteiger partial charge in [0.1, 0.15) is 6.04 Å². The van der Waals surface area contributed by atoms with Gasteiger partial charge < -0.3 is 25.6 Å². The van der Waals surface area contributed by atoms with E-state index in [9.17, 15) is 9.90 Å². The normalized spacial score (nSPS) is 44.1. The van der Waals surface area contributed by atoms with Crippen molar-refractivity contribution in [2.75, 3.05) is 32.6 Å². The number of allylic oxidation sites excluding steroid dienone is 1. The first-order chi connectivity index (χ1) is 22.5. The van der Waals surface area contributed by atoms with Gasteiger partial charge in [-0.3, -0.25) is 4.79 Å². The Morgan fingerprint density at radius 1 is 1.15 bits per heavy atom. The van der Waals surface area contributed by atoms with Gasteiger partial charge in [0.25, 0.3) is 5.95 Å². The number of nitrogen functional groups attached to an aromatic ring is 1. The van der Waals surface area contributed by atoms with Gasteiger partial charge in [-0.05, 0) is 102 Å². The van der Waals surface area contributed by atoms with E-state index in [0.29, 0.717) is 43.5 Å². The van der Waals surface area contributed by atoms with Gasteiger partial charge in [-0.1, -0.05) is 85.5 Å². The summed E-state index contributed by atoms with van der Waals surface area (Å²) in [6.45, 7) is 22.6. The van der Waals surface area contributed by atoms with E-state index in [0.717, 1.165) is 44.9 Å².